The molecule has 114 valence electrons. The van der Waals surface area contributed by atoms with Crippen LogP contribution in [0.3, 0.4) is 0 Å². The van der Waals surface area contributed by atoms with Gasteiger partial charge in [0.15, 0.2) is 0 Å². The predicted molar refractivity (Wildman–Crippen MR) is 85.7 cm³/mol. The molecular weight excluding hydrogens is 262 g/mol. The summed E-state index contributed by atoms with van der Waals surface area (Å²) in [6.45, 7) is 0. The van der Waals surface area contributed by atoms with Gasteiger partial charge in [-0.25, -0.2) is 0 Å². The molecule has 1 aromatic rings. The van der Waals surface area contributed by atoms with E-state index >= 15 is 0 Å². The van der Waals surface area contributed by atoms with Crippen LogP contribution in [0.2, 0.25) is 0 Å². The summed E-state index contributed by atoms with van der Waals surface area (Å²) in [4.78, 5) is 16.0. The number of fused-ring (bicyclic) bond motifs is 2. The van der Waals surface area contributed by atoms with E-state index in [1.165, 1.54) is 25.7 Å². The fourth-order valence-corrected chi connectivity index (χ4v) is 3.73. The number of anilines is 1. The third kappa shape index (κ3) is 2.91. The fraction of sp³-hybridized carbons (Fsp3) is 0.588. The number of hydrogen-bond donors (Lipinski definition) is 1. The van der Waals surface area contributed by atoms with Crippen LogP contribution < -0.4 is 5.32 Å². The maximum absolute atomic E-state index is 11.9. The summed E-state index contributed by atoms with van der Waals surface area (Å²) in [5.41, 5.74) is 1.87. The van der Waals surface area contributed by atoms with Gasteiger partial charge in [-0.3, -0.25) is 4.79 Å². The van der Waals surface area contributed by atoms with Crippen molar-refractivity contribution in [1.82, 2.24) is 9.80 Å². The van der Waals surface area contributed by atoms with Crippen molar-refractivity contribution >= 4 is 11.6 Å². The highest BCUT2D eigenvalue weighted by Crippen LogP contribution is 2.35. The molecule has 2 heterocycles. The van der Waals surface area contributed by atoms with Crippen molar-refractivity contribution in [2.45, 2.75) is 43.8 Å². The summed E-state index contributed by atoms with van der Waals surface area (Å²) in [6, 6.07) is 9.93. The van der Waals surface area contributed by atoms with Gasteiger partial charge in [0.1, 0.15) is 0 Å². The lowest BCUT2D eigenvalue weighted by Crippen LogP contribution is -2.44. The van der Waals surface area contributed by atoms with Gasteiger partial charge in [-0.2, -0.15) is 0 Å². The molecule has 2 fully saturated rings. The van der Waals surface area contributed by atoms with Gasteiger partial charge in [0, 0.05) is 43.5 Å². The van der Waals surface area contributed by atoms with Crippen LogP contribution in [0.15, 0.2) is 24.3 Å². The second-order valence-corrected chi connectivity index (χ2v) is 6.64. The molecule has 2 saturated heterocycles. The summed E-state index contributed by atoms with van der Waals surface area (Å²) < 4.78 is 0. The zero-order valence-corrected chi connectivity index (χ0v) is 13.2. The Balaban J connectivity index is 1.62. The fourth-order valence-electron chi connectivity index (χ4n) is 3.73. The number of rotatable bonds is 3. The molecule has 2 unspecified atom stereocenters. The molecule has 0 spiro atoms. The molecule has 2 bridgehead atoms. The van der Waals surface area contributed by atoms with E-state index in [1.54, 1.807) is 19.0 Å². The van der Waals surface area contributed by atoms with Crippen LogP contribution in [-0.2, 0) is 0 Å². The van der Waals surface area contributed by atoms with Crippen molar-refractivity contribution in [3.05, 3.63) is 29.8 Å². The van der Waals surface area contributed by atoms with Crippen molar-refractivity contribution in [1.29, 1.82) is 0 Å². The Hall–Kier alpha value is -1.55. The third-order valence-electron chi connectivity index (χ3n) is 5.01. The van der Waals surface area contributed by atoms with Gasteiger partial charge >= 0.3 is 0 Å². The SMILES string of the molecule is CN(C)C(=O)c1ccc(NC2CC3CCC(C2)N3C)cc1. The van der Waals surface area contributed by atoms with Crippen molar-refractivity contribution in [3.63, 3.8) is 0 Å². The maximum Gasteiger partial charge on any atom is 0.253 e. The van der Waals surface area contributed by atoms with E-state index in [0.717, 1.165) is 23.3 Å². The minimum atomic E-state index is 0.0545. The molecule has 2 atom stereocenters. The average molecular weight is 287 g/mol. The number of amides is 1. The molecule has 0 aliphatic carbocycles. The van der Waals surface area contributed by atoms with E-state index in [4.69, 9.17) is 0 Å². The number of benzene rings is 1. The summed E-state index contributed by atoms with van der Waals surface area (Å²) in [5, 5.41) is 3.65. The van der Waals surface area contributed by atoms with Gasteiger partial charge in [-0.05, 0) is 57.0 Å². The van der Waals surface area contributed by atoms with E-state index in [2.05, 4.69) is 17.3 Å². The van der Waals surface area contributed by atoms with Crippen LogP contribution in [0.25, 0.3) is 0 Å². The van der Waals surface area contributed by atoms with Gasteiger partial charge in [-0.15, -0.1) is 0 Å². The number of nitrogens with zero attached hydrogens (tertiary/aromatic N) is 2. The van der Waals surface area contributed by atoms with Crippen molar-refractivity contribution in [2.75, 3.05) is 26.5 Å². The van der Waals surface area contributed by atoms with E-state index in [0.29, 0.717) is 6.04 Å². The number of carbonyl (C=O) groups excluding carboxylic acids is 1. The van der Waals surface area contributed by atoms with E-state index in [1.807, 2.05) is 24.3 Å². The van der Waals surface area contributed by atoms with Crippen LogP contribution in [-0.4, -0.2) is 55.0 Å². The van der Waals surface area contributed by atoms with Crippen molar-refractivity contribution < 1.29 is 4.79 Å². The highest BCUT2D eigenvalue weighted by molar-refractivity contribution is 5.94. The van der Waals surface area contributed by atoms with Crippen molar-refractivity contribution in [3.8, 4) is 0 Å². The lowest BCUT2D eigenvalue weighted by Gasteiger charge is -2.37. The number of carbonyl (C=O) groups is 1. The van der Waals surface area contributed by atoms with Gasteiger partial charge in [-0.1, -0.05) is 0 Å². The normalized spacial score (nSPS) is 28.4. The minimum absolute atomic E-state index is 0.0545. The Morgan fingerprint density at radius 3 is 2.24 bits per heavy atom. The summed E-state index contributed by atoms with van der Waals surface area (Å²) in [6.07, 6.45) is 5.14. The lowest BCUT2D eigenvalue weighted by molar-refractivity contribution is 0.0827. The topological polar surface area (TPSA) is 35.6 Å². The molecule has 0 saturated carbocycles. The summed E-state index contributed by atoms with van der Waals surface area (Å²) in [7, 11) is 5.83. The molecule has 1 N–H and O–H groups in total. The molecule has 21 heavy (non-hydrogen) atoms. The second kappa shape index (κ2) is 5.68. The Bertz CT molecular complexity index is 497. The maximum atomic E-state index is 11.9. The highest BCUT2D eigenvalue weighted by Gasteiger charge is 2.38. The van der Waals surface area contributed by atoms with E-state index in [-0.39, 0.29) is 5.91 Å². The van der Waals surface area contributed by atoms with Gasteiger partial charge in [0.05, 0.1) is 0 Å². The molecule has 4 nitrogen and oxygen atoms in total. The first-order valence-electron chi connectivity index (χ1n) is 7.85. The average Bonchev–Trinajstić information content (AvgIpc) is 2.69. The molecule has 4 heteroatoms. The van der Waals surface area contributed by atoms with Crippen LogP contribution >= 0.6 is 0 Å². The first-order chi connectivity index (χ1) is 10.0. The van der Waals surface area contributed by atoms with Crippen LogP contribution in [0.1, 0.15) is 36.0 Å². The van der Waals surface area contributed by atoms with Crippen LogP contribution in [0, 0.1) is 0 Å². The third-order valence-corrected chi connectivity index (χ3v) is 5.01. The molecule has 2 aliphatic heterocycles. The Morgan fingerprint density at radius 2 is 1.71 bits per heavy atom. The van der Waals surface area contributed by atoms with Crippen LogP contribution in [0.5, 0.6) is 0 Å². The molecule has 0 aromatic heterocycles. The number of hydrogen-bond acceptors (Lipinski definition) is 3. The smallest absolute Gasteiger partial charge is 0.253 e. The van der Waals surface area contributed by atoms with Gasteiger partial charge < -0.3 is 15.1 Å². The first-order valence-corrected chi connectivity index (χ1v) is 7.85. The Morgan fingerprint density at radius 1 is 1.14 bits per heavy atom. The van der Waals surface area contributed by atoms with Gasteiger partial charge in [0.25, 0.3) is 5.91 Å². The highest BCUT2D eigenvalue weighted by atomic mass is 16.2. The largest absolute Gasteiger partial charge is 0.382 e. The van der Waals surface area contributed by atoms with Gasteiger partial charge in [0.2, 0.25) is 0 Å². The molecule has 0 radical (unpaired) electrons. The minimum Gasteiger partial charge on any atom is -0.382 e. The molecule has 2 aliphatic rings. The quantitative estimate of drug-likeness (QED) is 0.927. The van der Waals surface area contributed by atoms with E-state index < -0.39 is 0 Å². The van der Waals surface area contributed by atoms with E-state index in [9.17, 15) is 4.79 Å². The van der Waals surface area contributed by atoms with Crippen LogP contribution in [0.4, 0.5) is 5.69 Å². The first kappa shape index (κ1) is 14.4. The second-order valence-electron chi connectivity index (χ2n) is 6.64. The molecule has 3 rings (SSSR count). The lowest BCUT2D eigenvalue weighted by atomic mass is 9.97. The Kier molecular flexibility index (Phi) is 3.89. The monoisotopic (exact) mass is 287 g/mol. The zero-order chi connectivity index (χ0) is 15.0. The standard InChI is InChI=1S/C17H25N3O/c1-19(2)17(21)12-4-6-13(7-5-12)18-14-10-15-8-9-16(11-14)20(15)3/h4-7,14-16,18H,8-11H2,1-3H3. The zero-order valence-electron chi connectivity index (χ0n) is 13.2. The molecular formula is C17H25N3O. The van der Waals surface area contributed by atoms with Crippen molar-refractivity contribution in [2.24, 2.45) is 0 Å². The predicted octanol–water partition coefficient (Wildman–Crippen LogP) is 2.43. The number of nitrogens with one attached hydrogen (secondary N) is 1. The molecule has 1 amide bonds. The molecule has 1 aromatic carbocycles. The summed E-state index contributed by atoms with van der Waals surface area (Å²) >= 11 is 0. The Labute approximate surface area is 127 Å². The summed E-state index contributed by atoms with van der Waals surface area (Å²) in [5.74, 6) is 0.0545. The number of piperidine rings is 1.